The lowest BCUT2D eigenvalue weighted by atomic mass is 9.98. The molecule has 1 aromatic heterocycles. The molecule has 2 rings (SSSR count). The van der Waals surface area contributed by atoms with Crippen LogP contribution in [0.15, 0.2) is 12.3 Å². The number of rotatable bonds is 3. The predicted molar refractivity (Wildman–Crippen MR) is 60.8 cm³/mol. The number of hydrogen-bond acceptors (Lipinski definition) is 3. The van der Waals surface area contributed by atoms with Crippen LogP contribution in [0.25, 0.3) is 0 Å². The van der Waals surface area contributed by atoms with Gasteiger partial charge >= 0.3 is 0 Å². The van der Waals surface area contributed by atoms with Crippen molar-refractivity contribution in [3.63, 3.8) is 0 Å². The van der Waals surface area contributed by atoms with Gasteiger partial charge in [-0.05, 0) is 12.5 Å². The van der Waals surface area contributed by atoms with Crippen molar-refractivity contribution in [2.24, 2.45) is 13.0 Å². The van der Waals surface area contributed by atoms with Crippen LogP contribution in [0, 0.1) is 5.92 Å². The number of piperidine rings is 1. The number of nitrogens with one attached hydrogen (secondary N) is 2. The van der Waals surface area contributed by atoms with Gasteiger partial charge in [0, 0.05) is 26.2 Å². The van der Waals surface area contributed by atoms with Crippen LogP contribution < -0.4 is 10.6 Å². The van der Waals surface area contributed by atoms with E-state index < -0.39 is 0 Å². The lowest BCUT2D eigenvalue weighted by molar-refractivity contribution is -0.129. The summed E-state index contributed by atoms with van der Waals surface area (Å²) in [5, 5.41) is 9.70. The average Bonchev–Trinajstić information content (AvgIpc) is 2.73. The van der Waals surface area contributed by atoms with Crippen molar-refractivity contribution in [1.82, 2.24) is 20.4 Å². The smallest absolute Gasteiger partial charge is 0.225 e. The summed E-state index contributed by atoms with van der Waals surface area (Å²) < 4.78 is 1.70. The molecule has 2 heterocycles. The zero-order valence-corrected chi connectivity index (χ0v) is 9.77. The minimum absolute atomic E-state index is 0.0179. The molecule has 2 N–H and O–H groups in total. The SMILES string of the molecule is Cn1ccc(CNC(=O)C2CCC(=O)NC2)n1. The van der Waals surface area contributed by atoms with Crippen LogP contribution in [0.2, 0.25) is 0 Å². The highest BCUT2D eigenvalue weighted by atomic mass is 16.2. The number of carbonyl (C=O) groups is 2. The summed E-state index contributed by atoms with van der Waals surface area (Å²) in [6, 6.07) is 1.86. The van der Waals surface area contributed by atoms with Gasteiger partial charge in [-0.3, -0.25) is 14.3 Å². The second-order valence-corrected chi connectivity index (χ2v) is 4.24. The van der Waals surface area contributed by atoms with Gasteiger partial charge in [-0.2, -0.15) is 5.10 Å². The Hall–Kier alpha value is -1.85. The predicted octanol–water partition coefficient (Wildman–Crippen LogP) is -0.437. The number of aromatic nitrogens is 2. The molecule has 2 amide bonds. The summed E-state index contributed by atoms with van der Waals surface area (Å²) in [5.74, 6) is -0.106. The molecule has 6 heteroatoms. The molecule has 1 saturated heterocycles. The number of amides is 2. The Bertz CT molecular complexity index is 417. The molecular weight excluding hydrogens is 220 g/mol. The molecule has 1 aliphatic heterocycles. The van der Waals surface area contributed by atoms with Gasteiger partial charge in [-0.15, -0.1) is 0 Å². The maximum absolute atomic E-state index is 11.8. The van der Waals surface area contributed by atoms with E-state index in [2.05, 4.69) is 15.7 Å². The number of aryl methyl sites for hydroxylation is 1. The van der Waals surface area contributed by atoms with Gasteiger partial charge in [0.25, 0.3) is 0 Å². The van der Waals surface area contributed by atoms with Crippen molar-refractivity contribution in [3.8, 4) is 0 Å². The number of carbonyl (C=O) groups excluding carboxylic acids is 2. The third-order valence-electron chi connectivity index (χ3n) is 2.85. The van der Waals surface area contributed by atoms with Crippen LogP contribution in [0.4, 0.5) is 0 Å². The highest BCUT2D eigenvalue weighted by molar-refractivity contribution is 5.83. The molecule has 1 atom stereocenters. The molecule has 0 spiro atoms. The van der Waals surface area contributed by atoms with E-state index in [4.69, 9.17) is 0 Å². The normalized spacial score (nSPS) is 19.8. The fraction of sp³-hybridized carbons (Fsp3) is 0.545. The topological polar surface area (TPSA) is 76.0 Å². The Labute approximate surface area is 99.4 Å². The average molecular weight is 236 g/mol. The summed E-state index contributed by atoms with van der Waals surface area (Å²) in [4.78, 5) is 22.7. The van der Waals surface area contributed by atoms with E-state index in [1.165, 1.54) is 0 Å². The molecule has 1 aromatic rings. The highest BCUT2D eigenvalue weighted by Crippen LogP contribution is 2.10. The Kier molecular flexibility index (Phi) is 3.41. The molecule has 92 valence electrons. The van der Waals surface area contributed by atoms with E-state index >= 15 is 0 Å². The van der Waals surface area contributed by atoms with Crippen molar-refractivity contribution in [3.05, 3.63) is 18.0 Å². The summed E-state index contributed by atoms with van der Waals surface area (Å²) in [7, 11) is 1.84. The Morgan fingerprint density at radius 3 is 3.12 bits per heavy atom. The molecule has 0 bridgehead atoms. The van der Waals surface area contributed by atoms with Gasteiger partial charge in [0.15, 0.2) is 0 Å². The molecule has 0 radical (unpaired) electrons. The lowest BCUT2D eigenvalue weighted by Gasteiger charge is -2.21. The lowest BCUT2D eigenvalue weighted by Crippen LogP contribution is -2.42. The van der Waals surface area contributed by atoms with Crippen LogP contribution in [-0.2, 0) is 23.2 Å². The van der Waals surface area contributed by atoms with Gasteiger partial charge in [0.1, 0.15) is 0 Å². The monoisotopic (exact) mass is 236 g/mol. The molecule has 17 heavy (non-hydrogen) atoms. The fourth-order valence-corrected chi connectivity index (χ4v) is 1.84. The highest BCUT2D eigenvalue weighted by Gasteiger charge is 2.24. The zero-order valence-electron chi connectivity index (χ0n) is 9.77. The van der Waals surface area contributed by atoms with Crippen molar-refractivity contribution in [2.75, 3.05) is 6.54 Å². The summed E-state index contributed by atoms with van der Waals surface area (Å²) >= 11 is 0. The van der Waals surface area contributed by atoms with Crippen LogP contribution in [0.5, 0.6) is 0 Å². The van der Waals surface area contributed by atoms with E-state index in [1.807, 2.05) is 19.3 Å². The molecule has 1 aliphatic rings. The van der Waals surface area contributed by atoms with Crippen molar-refractivity contribution >= 4 is 11.8 Å². The largest absolute Gasteiger partial charge is 0.355 e. The second-order valence-electron chi connectivity index (χ2n) is 4.24. The minimum atomic E-state index is -0.114. The summed E-state index contributed by atoms with van der Waals surface area (Å²) in [6.45, 7) is 0.872. The van der Waals surface area contributed by atoms with Gasteiger partial charge in [-0.25, -0.2) is 0 Å². The van der Waals surface area contributed by atoms with Crippen molar-refractivity contribution < 1.29 is 9.59 Å². The van der Waals surface area contributed by atoms with Gasteiger partial charge < -0.3 is 10.6 Å². The van der Waals surface area contributed by atoms with Gasteiger partial charge in [0.05, 0.1) is 18.2 Å². The summed E-state index contributed by atoms with van der Waals surface area (Å²) in [6.07, 6.45) is 2.89. The Morgan fingerprint density at radius 2 is 2.53 bits per heavy atom. The first kappa shape index (κ1) is 11.6. The van der Waals surface area contributed by atoms with Crippen LogP contribution in [-0.4, -0.2) is 28.1 Å². The second kappa shape index (κ2) is 4.99. The fourth-order valence-electron chi connectivity index (χ4n) is 1.84. The number of nitrogens with zero attached hydrogens (tertiary/aromatic N) is 2. The first-order valence-electron chi connectivity index (χ1n) is 5.68. The quantitative estimate of drug-likeness (QED) is 0.747. The third-order valence-corrected chi connectivity index (χ3v) is 2.85. The van der Waals surface area contributed by atoms with Crippen LogP contribution in [0.1, 0.15) is 18.5 Å². The van der Waals surface area contributed by atoms with E-state index in [9.17, 15) is 9.59 Å². The van der Waals surface area contributed by atoms with Crippen molar-refractivity contribution in [1.29, 1.82) is 0 Å². The summed E-state index contributed by atoms with van der Waals surface area (Å²) in [5.41, 5.74) is 0.834. The molecule has 1 unspecified atom stereocenters. The first-order chi connectivity index (χ1) is 8.15. The molecule has 0 aromatic carbocycles. The maximum atomic E-state index is 11.8. The number of hydrogen-bond donors (Lipinski definition) is 2. The van der Waals surface area contributed by atoms with Crippen LogP contribution in [0.3, 0.4) is 0 Å². The van der Waals surface area contributed by atoms with Crippen molar-refractivity contribution in [2.45, 2.75) is 19.4 Å². The van der Waals surface area contributed by atoms with Crippen LogP contribution >= 0.6 is 0 Å². The Morgan fingerprint density at radius 1 is 1.71 bits per heavy atom. The Balaban J connectivity index is 1.79. The molecule has 0 aliphatic carbocycles. The third kappa shape index (κ3) is 3.05. The molecule has 0 saturated carbocycles. The maximum Gasteiger partial charge on any atom is 0.225 e. The van der Waals surface area contributed by atoms with Gasteiger partial charge in [0.2, 0.25) is 11.8 Å². The molecule has 6 nitrogen and oxygen atoms in total. The minimum Gasteiger partial charge on any atom is -0.355 e. The zero-order chi connectivity index (χ0) is 12.3. The first-order valence-corrected chi connectivity index (χ1v) is 5.68. The van der Waals surface area contributed by atoms with E-state index in [0.29, 0.717) is 25.9 Å². The standard InChI is InChI=1S/C11H16N4O2/c1-15-5-4-9(14-15)7-13-11(17)8-2-3-10(16)12-6-8/h4-5,8H,2-3,6-7H2,1H3,(H,12,16)(H,13,17). The van der Waals surface area contributed by atoms with E-state index in [0.717, 1.165) is 5.69 Å². The van der Waals surface area contributed by atoms with E-state index in [-0.39, 0.29) is 17.7 Å². The molecular formula is C11H16N4O2. The van der Waals surface area contributed by atoms with E-state index in [1.54, 1.807) is 4.68 Å². The molecule has 1 fully saturated rings. The van der Waals surface area contributed by atoms with Gasteiger partial charge in [-0.1, -0.05) is 0 Å².